The predicted molar refractivity (Wildman–Crippen MR) is 261 cm³/mol. The molecular formula is C49H59ClF3N5O6S3. The van der Waals surface area contributed by atoms with Crippen LogP contribution in [-0.2, 0) is 24.6 Å². The summed E-state index contributed by atoms with van der Waals surface area (Å²) in [5, 5.41) is 3.72. The summed E-state index contributed by atoms with van der Waals surface area (Å²) in [7, 11) is -10.9. The number of alkyl halides is 3. The molecule has 2 heterocycles. The van der Waals surface area contributed by atoms with Gasteiger partial charge in [-0.3, -0.25) is 14.6 Å². The van der Waals surface area contributed by atoms with Crippen LogP contribution in [0.2, 0.25) is 5.02 Å². The average Bonchev–Trinajstić information content (AvgIpc) is 3.31. The first-order valence-electron chi connectivity index (χ1n) is 22.7. The summed E-state index contributed by atoms with van der Waals surface area (Å²) in [5.41, 5.74) is -0.899. The summed E-state index contributed by atoms with van der Waals surface area (Å²) < 4.78 is 103. The van der Waals surface area contributed by atoms with Crippen LogP contribution in [0.25, 0.3) is 5.57 Å². The maximum absolute atomic E-state index is 14.2. The van der Waals surface area contributed by atoms with Crippen LogP contribution in [0.15, 0.2) is 117 Å². The van der Waals surface area contributed by atoms with Crippen LogP contribution in [0.1, 0.15) is 68.3 Å². The van der Waals surface area contributed by atoms with E-state index in [1.807, 2.05) is 47.2 Å². The molecule has 4 aromatic carbocycles. The number of piperazine rings is 1. The summed E-state index contributed by atoms with van der Waals surface area (Å²) in [4.78, 5) is 19.1. The van der Waals surface area contributed by atoms with Crippen molar-refractivity contribution in [2.45, 2.75) is 78.6 Å². The number of morpholine rings is 1. The van der Waals surface area contributed by atoms with Crippen LogP contribution in [0.3, 0.4) is 0 Å². The molecule has 1 amide bonds. The minimum atomic E-state index is -6.06. The molecule has 2 atom stereocenters. The fourth-order valence-corrected chi connectivity index (χ4v) is 12.4. The topological polar surface area (TPSA) is 128 Å². The van der Waals surface area contributed by atoms with Crippen molar-refractivity contribution < 1.29 is 39.5 Å². The van der Waals surface area contributed by atoms with Gasteiger partial charge in [0.15, 0.2) is 0 Å². The molecule has 0 spiro atoms. The van der Waals surface area contributed by atoms with E-state index in [2.05, 4.69) is 46.0 Å². The van der Waals surface area contributed by atoms with Crippen LogP contribution in [0, 0.1) is 5.41 Å². The van der Waals surface area contributed by atoms with Gasteiger partial charge in [-0.1, -0.05) is 67.8 Å². The Labute approximate surface area is 402 Å². The van der Waals surface area contributed by atoms with E-state index in [4.69, 9.17) is 16.3 Å². The van der Waals surface area contributed by atoms with E-state index in [9.17, 15) is 34.8 Å². The molecular weight excluding hydrogens is 943 g/mol. The maximum atomic E-state index is 14.2. The van der Waals surface area contributed by atoms with Crippen LogP contribution < -0.4 is 14.9 Å². The van der Waals surface area contributed by atoms with E-state index >= 15 is 0 Å². The number of rotatable bonds is 18. The second-order valence-electron chi connectivity index (χ2n) is 17.9. The molecule has 7 rings (SSSR count). The Morgan fingerprint density at radius 3 is 2.22 bits per heavy atom. The van der Waals surface area contributed by atoms with E-state index in [0.717, 1.165) is 86.1 Å². The fraction of sp³-hybridized carbons (Fsp3) is 0.449. The number of amides is 1. The van der Waals surface area contributed by atoms with Gasteiger partial charge in [0.1, 0.15) is 4.90 Å². The van der Waals surface area contributed by atoms with Crippen LogP contribution in [0.5, 0.6) is 0 Å². The second-order valence-corrected chi connectivity index (χ2v) is 23.0. The number of ether oxygens (including phenoxy) is 1. The molecule has 2 N–H and O–H groups in total. The van der Waals surface area contributed by atoms with E-state index in [1.54, 1.807) is 12.1 Å². The Hall–Kier alpha value is -4.10. The third kappa shape index (κ3) is 13.2. The van der Waals surface area contributed by atoms with Gasteiger partial charge in [0.25, 0.3) is 25.8 Å². The number of nitrogens with one attached hydrogen (secondary N) is 2. The highest BCUT2D eigenvalue weighted by molar-refractivity contribution is 7.99. The molecule has 362 valence electrons. The number of sulfonamides is 1. The van der Waals surface area contributed by atoms with E-state index in [-0.39, 0.29) is 11.0 Å². The van der Waals surface area contributed by atoms with Gasteiger partial charge in [0.2, 0.25) is 0 Å². The molecule has 18 heteroatoms. The SMILES string of the molecule is CCC[C@]1(C)CCC(c2ccc(Cl)cc2)=C(CN2CCN(c3ccc(C(=O)NS(=O)(=O)c4ccc(NC(CCN5CCOCC5)CSc5ccccc5)c(S(=O)(=O)C(F)(F)F)c4)cc3)CC2)C1. The minimum Gasteiger partial charge on any atom is -0.380 e. The molecule has 2 fully saturated rings. The van der Waals surface area contributed by atoms with Crippen molar-refractivity contribution in [3.05, 3.63) is 119 Å². The van der Waals surface area contributed by atoms with Crippen LogP contribution in [-0.4, -0.2) is 115 Å². The predicted octanol–water partition coefficient (Wildman–Crippen LogP) is 9.61. The minimum absolute atomic E-state index is 0.000466. The summed E-state index contributed by atoms with van der Waals surface area (Å²) in [6.45, 7) is 11.7. The van der Waals surface area contributed by atoms with Crippen molar-refractivity contribution >= 4 is 66.1 Å². The van der Waals surface area contributed by atoms with Crippen LogP contribution in [0.4, 0.5) is 24.5 Å². The number of carbonyl (C=O) groups is 1. The van der Waals surface area contributed by atoms with Crippen molar-refractivity contribution in [1.82, 2.24) is 14.5 Å². The fourth-order valence-electron chi connectivity index (χ4n) is 9.21. The monoisotopic (exact) mass is 1000 g/mol. The Morgan fingerprint density at radius 2 is 1.57 bits per heavy atom. The number of allylic oxidation sites excluding steroid dienone is 1. The molecule has 2 aliphatic heterocycles. The first kappa shape index (κ1) is 50.8. The quantitative estimate of drug-likeness (QED) is 0.0926. The zero-order valence-corrected chi connectivity index (χ0v) is 41.1. The molecule has 3 aliphatic rings. The number of sulfone groups is 1. The number of hydrogen-bond acceptors (Lipinski definition) is 11. The number of hydrogen-bond donors (Lipinski definition) is 2. The van der Waals surface area contributed by atoms with Crippen molar-refractivity contribution in [3.8, 4) is 0 Å². The summed E-state index contributed by atoms with van der Waals surface area (Å²) in [6.07, 6.45) is 6.02. The third-order valence-corrected chi connectivity index (χ3v) is 17.2. The third-order valence-electron chi connectivity index (χ3n) is 12.9. The van der Waals surface area contributed by atoms with Gasteiger partial charge in [0.05, 0.1) is 23.8 Å². The lowest BCUT2D eigenvalue weighted by molar-refractivity contribution is -0.0435. The number of nitrogens with zero attached hydrogens (tertiary/aromatic N) is 3. The van der Waals surface area contributed by atoms with Crippen molar-refractivity contribution in [2.24, 2.45) is 5.41 Å². The van der Waals surface area contributed by atoms with Gasteiger partial charge in [-0.05, 0) is 115 Å². The molecule has 4 aromatic rings. The highest BCUT2D eigenvalue weighted by Gasteiger charge is 2.48. The molecule has 0 bridgehead atoms. The molecule has 0 aromatic heterocycles. The van der Waals surface area contributed by atoms with Crippen molar-refractivity contribution in [3.63, 3.8) is 0 Å². The van der Waals surface area contributed by atoms with Gasteiger partial charge in [0, 0.05) is 85.3 Å². The highest BCUT2D eigenvalue weighted by Crippen LogP contribution is 2.46. The molecule has 67 heavy (non-hydrogen) atoms. The normalized spacial score (nSPS) is 19.6. The molecule has 11 nitrogen and oxygen atoms in total. The summed E-state index contributed by atoms with van der Waals surface area (Å²) in [5.74, 6) is -0.651. The van der Waals surface area contributed by atoms with Crippen LogP contribution >= 0.6 is 23.4 Å². The molecule has 0 saturated carbocycles. The number of carbonyl (C=O) groups excluding carboxylic acids is 1. The first-order chi connectivity index (χ1) is 31.9. The van der Waals surface area contributed by atoms with E-state index in [1.165, 1.54) is 47.0 Å². The Kier molecular flexibility index (Phi) is 16.8. The summed E-state index contributed by atoms with van der Waals surface area (Å²) >= 11 is 7.68. The largest absolute Gasteiger partial charge is 0.501 e. The van der Waals surface area contributed by atoms with Crippen molar-refractivity contribution in [2.75, 3.05) is 81.5 Å². The molecule has 0 radical (unpaired) electrons. The van der Waals surface area contributed by atoms with Gasteiger partial charge in [-0.15, -0.1) is 11.8 Å². The zero-order chi connectivity index (χ0) is 47.8. The smallest absolute Gasteiger partial charge is 0.380 e. The zero-order valence-electron chi connectivity index (χ0n) is 37.9. The van der Waals surface area contributed by atoms with Gasteiger partial charge in [-0.25, -0.2) is 21.6 Å². The molecule has 2 saturated heterocycles. The number of benzene rings is 4. The molecule has 1 aliphatic carbocycles. The standard InChI is InChI=1S/C49H59ClF3N5O6S3/c1-3-21-48(2)22-19-44(36-9-13-39(50)14-10-36)38(33-48)34-57-24-26-58(27-25-57)41-15-11-37(12-16-41)47(59)55-67(62,63)43-17-18-45(46(32-43)66(60,61)49(51,52)53)54-40(20-23-56-28-30-64-31-29-56)35-65-42-7-5-4-6-8-42/h4-18,32,40,54H,3,19-31,33-35H2,1-2H3,(H,55,59)/t40?,48-/m1/s1. The Bertz CT molecular complexity index is 2570. The summed E-state index contributed by atoms with van der Waals surface area (Å²) in [6, 6.07) is 25.9. The number of halogens is 4. The van der Waals surface area contributed by atoms with Gasteiger partial charge >= 0.3 is 5.51 Å². The van der Waals surface area contributed by atoms with E-state index < -0.39 is 52.8 Å². The Morgan fingerprint density at radius 1 is 0.881 bits per heavy atom. The second kappa shape index (κ2) is 22.1. The van der Waals surface area contributed by atoms with Crippen molar-refractivity contribution in [1.29, 1.82) is 0 Å². The lowest BCUT2D eigenvalue weighted by atomic mass is 9.69. The van der Waals surface area contributed by atoms with Gasteiger partial charge in [-0.2, -0.15) is 13.2 Å². The highest BCUT2D eigenvalue weighted by atomic mass is 35.5. The number of anilines is 2. The number of thioether (sulfide) groups is 1. The maximum Gasteiger partial charge on any atom is 0.501 e. The average molecular weight is 1000 g/mol. The first-order valence-corrected chi connectivity index (χ1v) is 27.1. The van der Waals surface area contributed by atoms with Gasteiger partial charge < -0.3 is 15.0 Å². The van der Waals surface area contributed by atoms with E-state index in [0.29, 0.717) is 51.1 Å². The lowest BCUT2D eigenvalue weighted by Crippen LogP contribution is -2.47. The molecule has 1 unspecified atom stereocenters. The lowest BCUT2D eigenvalue weighted by Gasteiger charge is -2.41. The Balaban J connectivity index is 1.02.